The Kier molecular flexibility index (Phi) is 5.72. The smallest absolute Gasteiger partial charge is 0.226 e. The molecule has 1 N–H and O–H groups in total. The first-order valence-electron chi connectivity index (χ1n) is 11.2. The fourth-order valence-electron chi connectivity index (χ4n) is 4.84. The number of likely N-dealkylation sites (N-methyl/N-ethyl adjacent to an activating group) is 1. The van der Waals surface area contributed by atoms with Crippen molar-refractivity contribution in [1.29, 1.82) is 0 Å². The van der Waals surface area contributed by atoms with Crippen molar-refractivity contribution in [2.75, 3.05) is 20.1 Å². The quantitative estimate of drug-likeness (QED) is 0.658. The van der Waals surface area contributed by atoms with Crippen molar-refractivity contribution in [1.82, 2.24) is 20.2 Å². The van der Waals surface area contributed by atoms with Crippen molar-refractivity contribution in [2.24, 2.45) is 4.99 Å². The molecule has 0 aliphatic carbocycles. The molecule has 2 aromatic heterocycles. The zero-order chi connectivity index (χ0) is 22.9. The predicted octanol–water partition coefficient (Wildman–Crippen LogP) is 3.03. The van der Waals surface area contributed by atoms with E-state index < -0.39 is 0 Å². The lowest BCUT2D eigenvalue weighted by Gasteiger charge is -2.21. The lowest BCUT2D eigenvalue weighted by atomic mass is 9.93. The molecule has 6 nitrogen and oxygen atoms in total. The second kappa shape index (κ2) is 8.83. The number of fused-ring (bicyclic) bond motifs is 1. The van der Waals surface area contributed by atoms with Gasteiger partial charge in [-0.15, -0.1) is 0 Å². The number of nitrogens with one attached hydrogen (secondary N) is 1. The molecule has 4 heterocycles. The van der Waals surface area contributed by atoms with Gasteiger partial charge in [-0.25, -0.2) is 4.39 Å². The molecule has 2 atom stereocenters. The Morgan fingerprint density at radius 2 is 2.03 bits per heavy atom. The van der Waals surface area contributed by atoms with Crippen LogP contribution in [0.2, 0.25) is 0 Å². The van der Waals surface area contributed by atoms with Crippen molar-refractivity contribution in [3.63, 3.8) is 0 Å². The lowest BCUT2D eigenvalue weighted by molar-refractivity contribution is -0.121. The normalized spacial score (nSPS) is 19.9. The summed E-state index contributed by atoms with van der Waals surface area (Å²) >= 11 is 0. The number of aromatic nitrogens is 2. The van der Waals surface area contributed by atoms with Gasteiger partial charge in [0, 0.05) is 54.3 Å². The molecule has 33 heavy (non-hydrogen) atoms. The first-order chi connectivity index (χ1) is 16.0. The van der Waals surface area contributed by atoms with E-state index in [0.29, 0.717) is 30.9 Å². The molecule has 0 spiro atoms. The van der Waals surface area contributed by atoms with Gasteiger partial charge in [-0.05, 0) is 49.4 Å². The average Bonchev–Trinajstić information content (AvgIpc) is 3.37. The number of halogens is 1. The van der Waals surface area contributed by atoms with Gasteiger partial charge in [-0.1, -0.05) is 18.2 Å². The Hall–Kier alpha value is -3.45. The van der Waals surface area contributed by atoms with E-state index >= 15 is 0 Å². The van der Waals surface area contributed by atoms with E-state index in [4.69, 9.17) is 0 Å². The Bertz CT molecular complexity index is 1240. The average molecular weight is 444 g/mol. The van der Waals surface area contributed by atoms with Crippen LogP contribution in [0.4, 0.5) is 4.39 Å². The summed E-state index contributed by atoms with van der Waals surface area (Å²) in [6.45, 7) is 3.92. The zero-order valence-electron chi connectivity index (χ0n) is 18.8. The van der Waals surface area contributed by atoms with Crippen LogP contribution in [0.3, 0.4) is 0 Å². The fraction of sp³-hybridized carbons (Fsp3) is 0.308. The summed E-state index contributed by atoms with van der Waals surface area (Å²) in [4.78, 5) is 28.5. The molecular formula is C26H26FN5O. The van der Waals surface area contributed by atoms with Crippen LogP contribution < -0.4 is 5.32 Å². The molecular weight excluding hydrogens is 417 g/mol. The Labute approximate surface area is 192 Å². The minimum Gasteiger partial charge on any atom is -0.351 e. The molecule has 5 rings (SSSR count). The molecule has 0 saturated carbocycles. The second-order valence-corrected chi connectivity index (χ2v) is 8.88. The highest BCUT2D eigenvalue weighted by atomic mass is 19.1. The Balaban J connectivity index is 1.28. The van der Waals surface area contributed by atoms with E-state index in [-0.39, 0.29) is 30.1 Å². The van der Waals surface area contributed by atoms with Crippen molar-refractivity contribution in [3.05, 3.63) is 94.3 Å². The number of nitrogens with zero attached hydrogens (tertiary/aromatic N) is 4. The lowest BCUT2D eigenvalue weighted by Crippen LogP contribution is -2.40. The monoisotopic (exact) mass is 443 g/mol. The maximum atomic E-state index is 14.4. The molecule has 2 aliphatic heterocycles. The van der Waals surface area contributed by atoms with Gasteiger partial charge in [0.1, 0.15) is 5.82 Å². The van der Waals surface area contributed by atoms with Crippen LogP contribution in [0.15, 0.2) is 59.9 Å². The summed E-state index contributed by atoms with van der Waals surface area (Å²) in [7, 11) is 1.99. The number of carbonyl (C=O) groups is 1. The summed E-state index contributed by atoms with van der Waals surface area (Å²) in [5.74, 6) is -0.404. The van der Waals surface area contributed by atoms with Gasteiger partial charge >= 0.3 is 0 Å². The van der Waals surface area contributed by atoms with E-state index in [1.54, 1.807) is 12.3 Å². The number of aliphatic imine (C=N–C) groups is 1. The second-order valence-electron chi connectivity index (χ2n) is 8.88. The molecule has 7 heteroatoms. The van der Waals surface area contributed by atoms with E-state index in [1.807, 2.05) is 50.5 Å². The van der Waals surface area contributed by atoms with Crippen molar-refractivity contribution in [3.8, 4) is 0 Å². The number of pyridine rings is 2. The molecule has 3 aromatic rings. The molecule has 2 aliphatic rings. The highest BCUT2D eigenvalue weighted by Crippen LogP contribution is 2.29. The number of likely N-dealkylation sites (tertiary alicyclic amines) is 1. The van der Waals surface area contributed by atoms with Gasteiger partial charge in [0.05, 0.1) is 24.4 Å². The highest BCUT2D eigenvalue weighted by molar-refractivity contribution is 6.15. The van der Waals surface area contributed by atoms with Gasteiger partial charge in [-0.3, -0.25) is 19.8 Å². The molecule has 0 bridgehead atoms. The summed E-state index contributed by atoms with van der Waals surface area (Å²) in [5, 5.41) is 3.12. The SMILES string of the molecule is Cc1cc(C2=NCc3cc(CC(=O)N[C@H]4CN(C)C[C@@H]4c4ccccc4F)ncc32)ccn1. The number of hydrogen-bond acceptors (Lipinski definition) is 5. The molecule has 1 saturated heterocycles. The number of benzene rings is 1. The third-order valence-corrected chi connectivity index (χ3v) is 6.37. The van der Waals surface area contributed by atoms with Gasteiger partial charge in [0.2, 0.25) is 5.91 Å². The maximum absolute atomic E-state index is 14.4. The van der Waals surface area contributed by atoms with E-state index in [9.17, 15) is 9.18 Å². The van der Waals surface area contributed by atoms with Crippen molar-refractivity contribution in [2.45, 2.75) is 31.8 Å². The number of carbonyl (C=O) groups excluding carboxylic acids is 1. The van der Waals surface area contributed by atoms with Crippen molar-refractivity contribution < 1.29 is 9.18 Å². The summed E-state index contributed by atoms with van der Waals surface area (Å²) in [5.41, 5.74) is 6.32. The molecule has 1 aromatic carbocycles. The fourth-order valence-corrected chi connectivity index (χ4v) is 4.84. The Morgan fingerprint density at radius 1 is 1.18 bits per heavy atom. The van der Waals surface area contributed by atoms with E-state index in [1.165, 1.54) is 6.07 Å². The van der Waals surface area contributed by atoms with Crippen molar-refractivity contribution >= 4 is 11.6 Å². The Morgan fingerprint density at radius 3 is 2.85 bits per heavy atom. The van der Waals surface area contributed by atoms with E-state index in [0.717, 1.165) is 28.1 Å². The van der Waals surface area contributed by atoms with Crippen LogP contribution in [-0.2, 0) is 17.8 Å². The standard InChI is InChI=1S/C26H26FN5O/c1-16-9-17(7-8-28-16)26-21-13-29-19(10-18(21)12-30-26)11-25(33)31-24-15-32(2)14-22(24)20-5-3-4-6-23(20)27/h3-10,13,22,24H,11-12,14-15H2,1-2H3,(H,31,33)/t22-,24+/m1/s1. The first kappa shape index (κ1) is 21.4. The molecule has 168 valence electrons. The van der Waals surface area contributed by atoms with Gasteiger partial charge < -0.3 is 10.2 Å². The van der Waals surface area contributed by atoms with Gasteiger partial charge in [0.25, 0.3) is 0 Å². The van der Waals surface area contributed by atoms with Crippen LogP contribution in [0.25, 0.3) is 0 Å². The van der Waals surface area contributed by atoms with Crippen LogP contribution in [0, 0.1) is 12.7 Å². The van der Waals surface area contributed by atoms with Crippen LogP contribution in [0.1, 0.15) is 39.6 Å². The maximum Gasteiger partial charge on any atom is 0.226 e. The summed E-state index contributed by atoms with van der Waals surface area (Å²) < 4.78 is 14.4. The minimum absolute atomic E-state index is 0.0760. The molecule has 0 radical (unpaired) electrons. The first-order valence-corrected chi connectivity index (χ1v) is 11.2. The third kappa shape index (κ3) is 4.41. The number of hydrogen-bond donors (Lipinski definition) is 1. The predicted molar refractivity (Wildman–Crippen MR) is 125 cm³/mol. The number of rotatable bonds is 5. The highest BCUT2D eigenvalue weighted by Gasteiger charge is 2.34. The molecule has 1 amide bonds. The third-order valence-electron chi connectivity index (χ3n) is 6.37. The summed E-state index contributed by atoms with van der Waals surface area (Å²) in [6, 6.07) is 12.6. The van der Waals surface area contributed by atoms with Gasteiger partial charge in [-0.2, -0.15) is 0 Å². The number of amides is 1. The minimum atomic E-state index is -0.225. The topological polar surface area (TPSA) is 70.5 Å². The van der Waals surface area contributed by atoms with E-state index in [2.05, 4.69) is 25.2 Å². The van der Waals surface area contributed by atoms with Crippen LogP contribution in [-0.4, -0.2) is 52.7 Å². The van der Waals surface area contributed by atoms with Crippen LogP contribution >= 0.6 is 0 Å². The number of aryl methyl sites for hydroxylation is 1. The van der Waals surface area contributed by atoms with Gasteiger partial charge in [0.15, 0.2) is 0 Å². The zero-order valence-corrected chi connectivity index (χ0v) is 18.8. The summed E-state index contributed by atoms with van der Waals surface area (Å²) in [6.07, 6.45) is 3.78. The van der Waals surface area contributed by atoms with Crippen LogP contribution in [0.5, 0.6) is 0 Å². The molecule has 0 unspecified atom stereocenters. The largest absolute Gasteiger partial charge is 0.351 e. The molecule has 1 fully saturated rings.